The maximum Gasteiger partial charge on any atom is 0.273 e. The fourth-order valence-electron chi connectivity index (χ4n) is 1.52. The summed E-state index contributed by atoms with van der Waals surface area (Å²) in [6.07, 6.45) is 0.408. The van der Waals surface area contributed by atoms with Crippen molar-refractivity contribution in [3.63, 3.8) is 0 Å². The molecule has 1 aromatic rings. The molecule has 0 aliphatic carbocycles. The predicted molar refractivity (Wildman–Crippen MR) is 71.1 cm³/mol. The van der Waals surface area contributed by atoms with Crippen LogP contribution in [0, 0.1) is 10.1 Å². The van der Waals surface area contributed by atoms with E-state index < -0.39 is 21.0 Å². The van der Waals surface area contributed by atoms with Gasteiger partial charge in [0.05, 0.1) is 24.7 Å². The molecule has 0 aromatic heterocycles. The van der Waals surface area contributed by atoms with E-state index in [1.54, 1.807) is 6.92 Å². The number of benzene rings is 1. The Morgan fingerprint density at radius 3 is 2.60 bits per heavy atom. The first-order chi connectivity index (χ1) is 9.35. The number of rotatable bonds is 7. The summed E-state index contributed by atoms with van der Waals surface area (Å²) >= 11 is 0. The summed E-state index contributed by atoms with van der Waals surface area (Å²) in [5.41, 5.74) is -0.269. The smallest absolute Gasteiger partial charge is 0.273 e. The normalized spacial score (nSPS) is 12.9. The number of aliphatic hydroxyl groups excluding tert-OH is 1. The van der Waals surface area contributed by atoms with E-state index in [2.05, 4.69) is 4.72 Å². The van der Waals surface area contributed by atoms with E-state index in [9.17, 15) is 18.5 Å². The number of aliphatic hydroxyl groups is 1. The van der Waals surface area contributed by atoms with Crippen LogP contribution < -0.4 is 9.46 Å². The van der Waals surface area contributed by atoms with Gasteiger partial charge in [0.15, 0.2) is 0 Å². The van der Waals surface area contributed by atoms with Crippen LogP contribution in [-0.2, 0) is 10.0 Å². The molecule has 1 unspecified atom stereocenters. The predicted octanol–water partition coefficient (Wildman–Crippen LogP) is 0.653. The Labute approximate surface area is 116 Å². The Hall–Kier alpha value is -1.71. The minimum Gasteiger partial charge on any atom is -0.495 e. The number of nitrogens with one attached hydrogen (secondary N) is 1. The number of hydrogen-bond donors (Lipinski definition) is 2. The molecule has 112 valence electrons. The van der Waals surface area contributed by atoms with Crippen LogP contribution in [-0.4, -0.2) is 38.2 Å². The minimum absolute atomic E-state index is 0.125. The van der Waals surface area contributed by atoms with E-state index >= 15 is 0 Å². The molecule has 0 amide bonds. The maximum absolute atomic E-state index is 12.1. The van der Waals surface area contributed by atoms with Gasteiger partial charge in [0.25, 0.3) is 5.69 Å². The molecule has 0 spiro atoms. The largest absolute Gasteiger partial charge is 0.495 e. The van der Waals surface area contributed by atoms with Crippen LogP contribution in [0.4, 0.5) is 5.69 Å². The topological polar surface area (TPSA) is 119 Å². The van der Waals surface area contributed by atoms with Crippen molar-refractivity contribution in [2.75, 3.05) is 13.7 Å². The molecule has 1 atom stereocenters. The van der Waals surface area contributed by atoms with Crippen LogP contribution in [0.25, 0.3) is 0 Å². The lowest BCUT2D eigenvalue weighted by molar-refractivity contribution is -0.385. The average molecular weight is 304 g/mol. The van der Waals surface area contributed by atoms with Gasteiger partial charge in [0, 0.05) is 12.1 Å². The van der Waals surface area contributed by atoms with Gasteiger partial charge in [-0.2, -0.15) is 0 Å². The average Bonchev–Trinajstić information content (AvgIpc) is 2.43. The Morgan fingerprint density at radius 1 is 1.50 bits per heavy atom. The molecule has 0 aliphatic rings. The van der Waals surface area contributed by atoms with Gasteiger partial charge in [-0.3, -0.25) is 10.1 Å². The minimum atomic E-state index is -3.93. The van der Waals surface area contributed by atoms with Crippen molar-refractivity contribution in [1.82, 2.24) is 4.72 Å². The van der Waals surface area contributed by atoms with Gasteiger partial charge in [0.2, 0.25) is 10.0 Å². The van der Waals surface area contributed by atoms with Crippen LogP contribution >= 0.6 is 0 Å². The number of nitrogens with zero attached hydrogens (tertiary/aromatic N) is 1. The highest BCUT2D eigenvalue weighted by Gasteiger charge is 2.24. The van der Waals surface area contributed by atoms with Crippen LogP contribution in [0.15, 0.2) is 23.1 Å². The molecular formula is C11H16N2O6S. The Morgan fingerprint density at radius 2 is 2.15 bits per heavy atom. The lowest BCUT2D eigenvalue weighted by Gasteiger charge is -2.15. The lowest BCUT2D eigenvalue weighted by atomic mass is 10.3. The molecule has 20 heavy (non-hydrogen) atoms. The Kier molecular flexibility index (Phi) is 5.43. The third-order valence-electron chi connectivity index (χ3n) is 2.68. The second-order valence-electron chi connectivity index (χ2n) is 4.00. The standard InChI is InChI=1S/C11H16N2O6S/c1-3-8(7-14)12-20(17,18)11-5-4-9(13(15)16)6-10(11)19-2/h4-6,8,12,14H,3,7H2,1-2H3. The molecule has 2 N–H and O–H groups in total. The molecule has 0 saturated heterocycles. The van der Waals surface area contributed by atoms with Crippen LogP contribution in [0.5, 0.6) is 5.75 Å². The maximum atomic E-state index is 12.1. The van der Waals surface area contributed by atoms with E-state index in [4.69, 9.17) is 9.84 Å². The molecule has 1 rings (SSSR count). The van der Waals surface area contributed by atoms with Gasteiger partial charge in [-0.15, -0.1) is 0 Å². The highest BCUT2D eigenvalue weighted by atomic mass is 32.2. The summed E-state index contributed by atoms with van der Waals surface area (Å²) in [6.45, 7) is 1.38. The number of methoxy groups -OCH3 is 1. The van der Waals surface area contributed by atoms with Gasteiger partial charge in [-0.25, -0.2) is 13.1 Å². The third kappa shape index (κ3) is 3.65. The van der Waals surface area contributed by atoms with E-state index in [1.165, 1.54) is 7.11 Å². The van der Waals surface area contributed by atoms with Crippen molar-refractivity contribution in [3.8, 4) is 5.75 Å². The van der Waals surface area contributed by atoms with Crippen LogP contribution in [0.1, 0.15) is 13.3 Å². The number of hydrogen-bond acceptors (Lipinski definition) is 6. The zero-order chi connectivity index (χ0) is 15.3. The summed E-state index contributed by atoms with van der Waals surface area (Å²) in [6, 6.07) is 2.59. The van der Waals surface area contributed by atoms with E-state index in [0.717, 1.165) is 18.2 Å². The Bertz CT molecular complexity index is 583. The molecule has 0 aliphatic heterocycles. The number of nitro groups is 1. The van der Waals surface area contributed by atoms with Crippen molar-refractivity contribution in [2.45, 2.75) is 24.3 Å². The van der Waals surface area contributed by atoms with Crippen molar-refractivity contribution in [1.29, 1.82) is 0 Å². The zero-order valence-corrected chi connectivity index (χ0v) is 11.9. The van der Waals surface area contributed by atoms with Crippen molar-refractivity contribution in [3.05, 3.63) is 28.3 Å². The molecule has 8 nitrogen and oxygen atoms in total. The number of nitro benzene ring substituents is 1. The van der Waals surface area contributed by atoms with Gasteiger partial charge in [0.1, 0.15) is 10.6 Å². The fourth-order valence-corrected chi connectivity index (χ4v) is 2.99. The number of sulfonamides is 1. The molecule has 0 bridgehead atoms. The first-order valence-corrected chi connectivity index (χ1v) is 7.29. The van der Waals surface area contributed by atoms with Gasteiger partial charge < -0.3 is 9.84 Å². The van der Waals surface area contributed by atoms with Crippen molar-refractivity contribution >= 4 is 15.7 Å². The quantitative estimate of drug-likeness (QED) is 0.564. The van der Waals surface area contributed by atoms with Crippen LogP contribution in [0.2, 0.25) is 0 Å². The van der Waals surface area contributed by atoms with E-state index in [1.807, 2.05) is 0 Å². The summed E-state index contributed by atoms with van der Waals surface area (Å²) in [5, 5.41) is 19.7. The first kappa shape index (κ1) is 16.3. The molecular weight excluding hydrogens is 288 g/mol. The second-order valence-corrected chi connectivity index (χ2v) is 5.68. The number of non-ortho nitro benzene ring substituents is 1. The first-order valence-electron chi connectivity index (χ1n) is 5.81. The third-order valence-corrected chi connectivity index (χ3v) is 4.24. The molecule has 0 saturated carbocycles. The van der Waals surface area contributed by atoms with Gasteiger partial charge in [-0.1, -0.05) is 6.92 Å². The summed E-state index contributed by atoms with van der Waals surface area (Å²) < 4.78 is 31.5. The van der Waals surface area contributed by atoms with E-state index in [-0.39, 0.29) is 22.9 Å². The highest BCUT2D eigenvalue weighted by molar-refractivity contribution is 7.89. The van der Waals surface area contributed by atoms with Gasteiger partial charge in [-0.05, 0) is 12.5 Å². The molecule has 9 heteroatoms. The second kappa shape index (κ2) is 6.64. The molecule has 0 heterocycles. The van der Waals surface area contributed by atoms with E-state index in [0.29, 0.717) is 6.42 Å². The zero-order valence-electron chi connectivity index (χ0n) is 11.1. The summed E-state index contributed by atoms with van der Waals surface area (Å²) in [7, 11) is -2.70. The molecule has 1 aromatic carbocycles. The fraction of sp³-hybridized carbons (Fsp3) is 0.455. The molecule has 0 fully saturated rings. The Balaban J connectivity index is 3.21. The highest BCUT2D eigenvalue weighted by Crippen LogP contribution is 2.28. The van der Waals surface area contributed by atoms with Crippen molar-refractivity contribution in [2.24, 2.45) is 0 Å². The number of ether oxygens (including phenoxy) is 1. The van der Waals surface area contributed by atoms with Gasteiger partial charge >= 0.3 is 0 Å². The lowest BCUT2D eigenvalue weighted by Crippen LogP contribution is -2.37. The molecule has 0 radical (unpaired) electrons. The van der Waals surface area contributed by atoms with Crippen molar-refractivity contribution < 1.29 is 23.2 Å². The monoisotopic (exact) mass is 304 g/mol. The summed E-state index contributed by atoms with van der Waals surface area (Å²) in [4.78, 5) is 9.80. The van der Waals surface area contributed by atoms with Crippen LogP contribution in [0.3, 0.4) is 0 Å². The summed E-state index contributed by atoms with van der Waals surface area (Å²) in [5.74, 6) is -0.125. The SMILES string of the molecule is CCC(CO)NS(=O)(=O)c1ccc([N+](=O)[O-])cc1OC.